The lowest BCUT2D eigenvalue weighted by Crippen LogP contribution is -2.27. The molecule has 0 N–H and O–H groups in total. The van der Waals surface area contributed by atoms with E-state index in [0.717, 1.165) is 30.6 Å². The second-order valence-electron chi connectivity index (χ2n) is 11.0. The van der Waals surface area contributed by atoms with Gasteiger partial charge in [0.1, 0.15) is 0 Å². The van der Waals surface area contributed by atoms with Gasteiger partial charge in [-0.05, 0) is 130 Å². The van der Waals surface area contributed by atoms with Crippen molar-refractivity contribution in [3.8, 4) is 28.0 Å². The Labute approximate surface area is 213 Å². The van der Waals surface area contributed by atoms with Crippen molar-refractivity contribution in [3.05, 3.63) is 66.0 Å². The standard InChI is InChI=1S/C32H37F3O/c1-3-5-7-24-18-26-25-16-17-27(31(34)28(25)29(26)32(35)30(24)33)36-19-21-10-14-23(15-11-21)22-12-8-20(6-4-2)9-13-22/h3-4,6,16-18,20-23H,1,5,7-15,19H2,2H3/b6-4+. The number of benzene rings is 2. The van der Waals surface area contributed by atoms with Crippen LogP contribution >= 0.6 is 0 Å². The molecule has 0 bridgehead atoms. The van der Waals surface area contributed by atoms with E-state index < -0.39 is 17.5 Å². The number of aryl methyl sites for hydroxylation is 1. The van der Waals surface area contributed by atoms with Gasteiger partial charge in [-0.15, -0.1) is 6.58 Å². The summed E-state index contributed by atoms with van der Waals surface area (Å²) < 4.78 is 50.6. The molecule has 192 valence electrons. The molecule has 2 aromatic carbocycles. The van der Waals surface area contributed by atoms with Crippen molar-refractivity contribution in [2.24, 2.45) is 23.7 Å². The molecule has 0 radical (unpaired) electrons. The fourth-order valence-electron chi connectivity index (χ4n) is 6.76. The SMILES string of the molecule is C=CCCc1cc2c(c(F)c1F)-c1c-2ccc(OCC2CCC(C3CCC(/C=C/C)CC3)CC2)c1F. The third-order valence-corrected chi connectivity index (χ3v) is 8.86. The van der Waals surface area contributed by atoms with Crippen LogP contribution in [0, 0.1) is 41.1 Å². The molecule has 0 heterocycles. The zero-order valence-electron chi connectivity index (χ0n) is 21.3. The second-order valence-corrected chi connectivity index (χ2v) is 11.0. The van der Waals surface area contributed by atoms with Gasteiger partial charge >= 0.3 is 0 Å². The molecule has 4 heteroatoms. The maximum Gasteiger partial charge on any atom is 0.173 e. The number of hydrogen-bond donors (Lipinski definition) is 0. The van der Waals surface area contributed by atoms with Gasteiger partial charge in [0.2, 0.25) is 0 Å². The van der Waals surface area contributed by atoms with E-state index in [2.05, 4.69) is 25.7 Å². The minimum absolute atomic E-state index is 0.0393. The molecule has 3 aliphatic carbocycles. The molecule has 2 saturated carbocycles. The smallest absolute Gasteiger partial charge is 0.173 e. The number of hydrogen-bond acceptors (Lipinski definition) is 1. The summed E-state index contributed by atoms with van der Waals surface area (Å²) in [6.45, 7) is 6.23. The highest BCUT2D eigenvalue weighted by molar-refractivity contribution is 6.03. The van der Waals surface area contributed by atoms with Crippen molar-refractivity contribution in [1.29, 1.82) is 0 Å². The molecule has 2 fully saturated rings. The van der Waals surface area contributed by atoms with E-state index in [1.807, 2.05) is 0 Å². The van der Waals surface area contributed by atoms with Crippen LogP contribution in [0.1, 0.15) is 70.3 Å². The highest BCUT2D eigenvalue weighted by Crippen LogP contribution is 2.53. The van der Waals surface area contributed by atoms with Gasteiger partial charge in [0.15, 0.2) is 23.2 Å². The van der Waals surface area contributed by atoms with Crippen LogP contribution in [0.5, 0.6) is 5.75 Å². The van der Waals surface area contributed by atoms with E-state index in [4.69, 9.17) is 4.74 Å². The molecule has 0 spiro atoms. The summed E-state index contributed by atoms with van der Waals surface area (Å²) in [5, 5.41) is 0. The third kappa shape index (κ3) is 4.76. The molecule has 2 aromatic rings. The van der Waals surface area contributed by atoms with Crippen LogP contribution in [-0.4, -0.2) is 6.61 Å². The van der Waals surface area contributed by atoms with E-state index in [1.165, 1.54) is 38.5 Å². The van der Waals surface area contributed by atoms with Crippen molar-refractivity contribution in [1.82, 2.24) is 0 Å². The van der Waals surface area contributed by atoms with Gasteiger partial charge in [-0.25, -0.2) is 13.2 Å². The zero-order valence-corrected chi connectivity index (χ0v) is 21.3. The molecule has 1 nitrogen and oxygen atoms in total. The Kier molecular flexibility index (Phi) is 7.60. The van der Waals surface area contributed by atoms with Crippen LogP contribution in [-0.2, 0) is 6.42 Å². The summed E-state index contributed by atoms with van der Waals surface area (Å²) in [5.74, 6) is 0.554. The Balaban J connectivity index is 1.18. The van der Waals surface area contributed by atoms with E-state index in [0.29, 0.717) is 42.1 Å². The topological polar surface area (TPSA) is 9.23 Å². The van der Waals surface area contributed by atoms with E-state index in [-0.39, 0.29) is 16.9 Å². The van der Waals surface area contributed by atoms with E-state index in [9.17, 15) is 8.78 Å². The Hall–Kier alpha value is -2.49. The highest BCUT2D eigenvalue weighted by atomic mass is 19.2. The third-order valence-electron chi connectivity index (χ3n) is 8.86. The molecule has 0 aliphatic heterocycles. The van der Waals surface area contributed by atoms with Gasteiger partial charge in [-0.3, -0.25) is 0 Å². The summed E-state index contributed by atoms with van der Waals surface area (Å²) >= 11 is 0. The first-order valence-electron chi connectivity index (χ1n) is 13.7. The monoisotopic (exact) mass is 494 g/mol. The predicted octanol–water partition coefficient (Wildman–Crippen LogP) is 9.44. The summed E-state index contributed by atoms with van der Waals surface area (Å²) in [4.78, 5) is 0. The molecule has 0 unspecified atom stereocenters. The van der Waals surface area contributed by atoms with E-state index in [1.54, 1.807) is 24.3 Å². The number of rotatable bonds is 8. The van der Waals surface area contributed by atoms with Gasteiger partial charge in [-0.2, -0.15) is 0 Å². The molecule has 0 saturated heterocycles. The van der Waals surface area contributed by atoms with Crippen LogP contribution in [0.15, 0.2) is 43.0 Å². The van der Waals surface area contributed by atoms with Gasteiger partial charge in [0, 0.05) is 11.1 Å². The lowest BCUT2D eigenvalue weighted by Gasteiger charge is -2.37. The fraction of sp³-hybridized carbons (Fsp3) is 0.500. The average molecular weight is 495 g/mol. The van der Waals surface area contributed by atoms with Crippen molar-refractivity contribution < 1.29 is 17.9 Å². The van der Waals surface area contributed by atoms with Crippen molar-refractivity contribution in [2.75, 3.05) is 6.61 Å². The first kappa shape index (κ1) is 25.2. The van der Waals surface area contributed by atoms with Crippen LogP contribution < -0.4 is 4.74 Å². The molecule has 0 atom stereocenters. The van der Waals surface area contributed by atoms with E-state index >= 15 is 4.39 Å². The Morgan fingerprint density at radius 1 is 0.861 bits per heavy atom. The summed E-state index contributed by atoms with van der Waals surface area (Å²) in [5.41, 5.74) is 1.69. The lowest BCUT2D eigenvalue weighted by molar-refractivity contribution is 0.127. The quantitative estimate of drug-likeness (QED) is 0.283. The normalized spacial score (nSPS) is 25.2. The molecule has 0 amide bonds. The zero-order chi connectivity index (χ0) is 25.2. The van der Waals surface area contributed by atoms with Crippen LogP contribution in [0.3, 0.4) is 0 Å². The summed E-state index contributed by atoms with van der Waals surface area (Å²) in [6, 6.07) is 5.05. The van der Waals surface area contributed by atoms with Gasteiger partial charge in [-0.1, -0.05) is 18.2 Å². The molecule has 0 aromatic heterocycles. The number of ether oxygens (including phenoxy) is 1. The van der Waals surface area contributed by atoms with Crippen LogP contribution in [0.2, 0.25) is 0 Å². The predicted molar refractivity (Wildman–Crippen MR) is 140 cm³/mol. The molecule has 5 rings (SSSR count). The fourth-order valence-corrected chi connectivity index (χ4v) is 6.76. The van der Waals surface area contributed by atoms with Crippen molar-refractivity contribution in [2.45, 2.75) is 71.1 Å². The number of halogens is 3. The minimum Gasteiger partial charge on any atom is -0.490 e. The van der Waals surface area contributed by atoms with Gasteiger partial charge < -0.3 is 4.74 Å². The molecular formula is C32H37F3O. The summed E-state index contributed by atoms with van der Waals surface area (Å²) in [7, 11) is 0. The minimum atomic E-state index is -0.965. The highest BCUT2D eigenvalue weighted by Gasteiger charge is 2.35. The number of allylic oxidation sites excluding steroid dienone is 3. The maximum absolute atomic E-state index is 15.3. The number of fused-ring (bicyclic) bond motifs is 4. The first-order valence-corrected chi connectivity index (χ1v) is 13.7. The van der Waals surface area contributed by atoms with Crippen molar-refractivity contribution in [3.63, 3.8) is 0 Å². The van der Waals surface area contributed by atoms with Crippen LogP contribution in [0.25, 0.3) is 22.3 Å². The lowest BCUT2D eigenvalue weighted by atomic mass is 9.69. The Morgan fingerprint density at radius 3 is 2.19 bits per heavy atom. The van der Waals surface area contributed by atoms with Crippen LogP contribution in [0.4, 0.5) is 13.2 Å². The molecule has 3 aliphatic rings. The molecular weight excluding hydrogens is 457 g/mol. The Bertz CT molecular complexity index is 1130. The molecule has 36 heavy (non-hydrogen) atoms. The van der Waals surface area contributed by atoms with Crippen molar-refractivity contribution >= 4 is 0 Å². The van der Waals surface area contributed by atoms with Gasteiger partial charge in [0.25, 0.3) is 0 Å². The first-order chi connectivity index (χ1) is 17.5. The maximum atomic E-state index is 15.3. The van der Waals surface area contributed by atoms with Gasteiger partial charge in [0.05, 0.1) is 6.61 Å². The largest absolute Gasteiger partial charge is 0.490 e. The summed E-state index contributed by atoms with van der Waals surface area (Å²) in [6.07, 6.45) is 17.2. The Morgan fingerprint density at radius 2 is 1.53 bits per heavy atom. The second kappa shape index (κ2) is 10.9. The average Bonchev–Trinajstić information content (AvgIpc) is 2.89.